The van der Waals surface area contributed by atoms with Gasteiger partial charge in [0.05, 0.1) is 12.5 Å². The maximum Gasteiger partial charge on any atom is 0.320 e. The third kappa shape index (κ3) is 10.2. The molecule has 0 spiro atoms. The van der Waals surface area contributed by atoms with Gasteiger partial charge in [-0.1, -0.05) is 0 Å². The van der Waals surface area contributed by atoms with Gasteiger partial charge >= 0.3 is 11.9 Å². The van der Waals surface area contributed by atoms with Crippen molar-refractivity contribution in [2.75, 3.05) is 5.75 Å². The van der Waals surface area contributed by atoms with Crippen LogP contribution < -0.4 is 11.1 Å². The van der Waals surface area contributed by atoms with E-state index < -0.39 is 35.5 Å². The second-order valence-electron chi connectivity index (χ2n) is 6.34. The number of aliphatic carboxylic acids is 1. The molecule has 8 nitrogen and oxygen atoms in total. The molecule has 0 saturated heterocycles. The van der Waals surface area contributed by atoms with Crippen LogP contribution in [0.4, 0.5) is 0 Å². The molecule has 0 aliphatic rings. The summed E-state index contributed by atoms with van der Waals surface area (Å²) in [5, 5.41) is 11.1. The minimum Gasteiger partial charge on any atom is -0.480 e. The highest BCUT2D eigenvalue weighted by Gasteiger charge is 2.23. The van der Waals surface area contributed by atoms with Gasteiger partial charge in [-0.25, -0.2) is 0 Å². The van der Waals surface area contributed by atoms with Crippen LogP contribution >= 0.6 is 12.6 Å². The Morgan fingerprint density at radius 2 is 1.75 bits per heavy atom. The number of carbonyl (C=O) groups is 4. The molecule has 2 atom stereocenters. The standard InChI is InChI=1S/C15H26N2O6S/c1-15(2,3)23-13(20)7-5-11(18)10(8-24)17-12(19)6-4-9(16)14(21)22/h9-10,24H,4-8,16H2,1-3H3,(H,17,19)(H,21,22). The Balaban J connectivity index is 4.32. The summed E-state index contributed by atoms with van der Waals surface area (Å²) in [6.45, 7) is 5.18. The van der Waals surface area contributed by atoms with E-state index >= 15 is 0 Å². The maximum atomic E-state index is 12.0. The Morgan fingerprint density at radius 1 is 1.17 bits per heavy atom. The third-order valence-electron chi connectivity index (χ3n) is 2.90. The number of carbonyl (C=O) groups excluding carboxylic acids is 3. The van der Waals surface area contributed by atoms with E-state index in [1.54, 1.807) is 20.8 Å². The fourth-order valence-electron chi connectivity index (χ4n) is 1.70. The van der Waals surface area contributed by atoms with Crippen molar-refractivity contribution in [3.63, 3.8) is 0 Å². The van der Waals surface area contributed by atoms with Gasteiger partial charge in [-0.2, -0.15) is 12.6 Å². The van der Waals surface area contributed by atoms with E-state index in [-0.39, 0.29) is 37.2 Å². The predicted octanol–water partition coefficient (Wildman–Crippen LogP) is 0.284. The molecule has 0 fully saturated rings. The van der Waals surface area contributed by atoms with Crippen LogP contribution in [0.25, 0.3) is 0 Å². The van der Waals surface area contributed by atoms with Crippen molar-refractivity contribution in [3.8, 4) is 0 Å². The van der Waals surface area contributed by atoms with E-state index in [9.17, 15) is 19.2 Å². The van der Waals surface area contributed by atoms with Gasteiger partial charge in [-0.05, 0) is 27.2 Å². The van der Waals surface area contributed by atoms with Crippen LogP contribution in [0.1, 0.15) is 46.5 Å². The fourth-order valence-corrected chi connectivity index (χ4v) is 1.99. The van der Waals surface area contributed by atoms with Gasteiger partial charge in [-0.3, -0.25) is 19.2 Å². The fraction of sp³-hybridized carbons (Fsp3) is 0.733. The molecule has 0 aromatic carbocycles. The lowest BCUT2D eigenvalue weighted by Crippen LogP contribution is -2.43. The molecule has 1 amide bonds. The highest BCUT2D eigenvalue weighted by molar-refractivity contribution is 7.80. The number of ether oxygens (including phenoxy) is 1. The minimum atomic E-state index is -1.19. The number of nitrogens with one attached hydrogen (secondary N) is 1. The van der Waals surface area contributed by atoms with Crippen LogP contribution in [-0.4, -0.2) is 52.2 Å². The number of esters is 1. The topological polar surface area (TPSA) is 136 Å². The summed E-state index contributed by atoms with van der Waals surface area (Å²) in [5.74, 6) is -2.44. The van der Waals surface area contributed by atoms with E-state index in [1.165, 1.54) is 0 Å². The first-order valence-corrected chi connectivity index (χ1v) is 8.22. The van der Waals surface area contributed by atoms with Crippen LogP contribution in [0.5, 0.6) is 0 Å². The molecule has 0 bridgehead atoms. The molecule has 4 N–H and O–H groups in total. The highest BCUT2D eigenvalue weighted by atomic mass is 32.1. The van der Waals surface area contributed by atoms with E-state index in [1.807, 2.05) is 0 Å². The number of carboxylic acids is 1. The number of thiol groups is 1. The van der Waals surface area contributed by atoms with Gasteiger partial charge in [0.15, 0.2) is 5.78 Å². The Kier molecular flexibility index (Phi) is 9.60. The van der Waals surface area contributed by atoms with E-state index in [0.29, 0.717) is 0 Å². The van der Waals surface area contributed by atoms with Crippen LogP contribution in [0.3, 0.4) is 0 Å². The summed E-state index contributed by atoms with van der Waals surface area (Å²) in [5.41, 5.74) is 4.68. The lowest BCUT2D eigenvalue weighted by molar-refractivity contribution is -0.155. The van der Waals surface area contributed by atoms with Gasteiger partial charge in [0.25, 0.3) is 0 Å². The van der Waals surface area contributed by atoms with Crippen molar-refractivity contribution < 1.29 is 29.0 Å². The molecule has 138 valence electrons. The zero-order valence-corrected chi connectivity index (χ0v) is 15.1. The summed E-state index contributed by atoms with van der Waals surface area (Å²) in [6.07, 6.45) is -0.307. The molecule has 24 heavy (non-hydrogen) atoms. The SMILES string of the molecule is CC(C)(C)OC(=O)CCC(=O)C(CS)NC(=O)CCC(N)C(=O)O. The zero-order valence-electron chi connectivity index (χ0n) is 14.2. The van der Waals surface area contributed by atoms with Gasteiger partial charge in [-0.15, -0.1) is 0 Å². The van der Waals surface area contributed by atoms with Crippen LogP contribution in [0.2, 0.25) is 0 Å². The van der Waals surface area contributed by atoms with Crippen molar-refractivity contribution in [2.45, 2.75) is 64.1 Å². The zero-order chi connectivity index (χ0) is 18.9. The Bertz CT molecular complexity index is 475. The van der Waals surface area contributed by atoms with Crippen molar-refractivity contribution in [1.29, 1.82) is 0 Å². The van der Waals surface area contributed by atoms with Crippen molar-refractivity contribution in [2.24, 2.45) is 5.73 Å². The van der Waals surface area contributed by atoms with Crippen molar-refractivity contribution in [1.82, 2.24) is 5.32 Å². The lowest BCUT2D eigenvalue weighted by atomic mass is 10.1. The molecular weight excluding hydrogens is 336 g/mol. The number of ketones is 1. The Labute approximate surface area is 146 Å². The molecule has 0 saturated carbocycles. The monoisotopic (exact) mass is 362 g/mol. The molecule has 0 rings (SSSR count). The normalized spacial score (nSPS) is 13.7. The highest BCUT2D eigenvalue weighted by Crippen LogP contribution is 2.10. The van der Waals surface area contributed by atoms with Gasteiger partial charge in [0, 0.05) is 18.6 Å². The smallest absolute Gasteiger partial charge is 0.320 e. The largest absolute Gasteiger partial charge is 0.480 e. The number of amides is 1. The first kappa shape index (κ1) is 22.4. The van der Waals surface area contributed by atoms with Crippen molar-refractivity contribution >= 4 is 36.3 Å². The number of hydrogen-bond acceptors (Lipinski definition) is 7. The molecule has 0 aromatic rings. The quantitative estimate of drug-likeness (QED) is 0.324. The van der Waals surface area contributed by atoms with E-state index in [4.69, 9.17) is 15.6 Å². The summed E-state index contributed by atoms with van der Waals surface area (Å²) >= 11 is 4.01. The molecule has 0 aliphatic heterocycles. The van der Waals surface area contributed by atoms with Crippen LogP contribution in [-0.2, 0) is 23.9 Å². The number of nitrogens with two attached hydrogens (primary N) is 1. The van der Waals surface area contributed by atoms with E-state index in [0.717, 1.165) is 0 Å². The summed E-state index contributed by atoms with van der Waals surface area (Å²) in [7, 11) is 0. The first-order valence-electron chi connectivity index (χ1n) is 7.59. The van der Waals surface area contributed by atoms with E-state index in [2.05, 4.69) is 17.9 Å². The van der Waals surface area contributed by atoms with Gasteiger partial charge in [0.2, 0.25) is 5.91 Å². The maximum absolute atomic E-state index is 12.0. The predicted molar refractivity (Wildman–Crippen MR) is 90.7 cm³/mol. The Morgan fingerprint density at radius 3 is 2.21 bits per heavy atom. The van der Waals surface area contributed by atoms with Crippen molar-refractivity contribution in [3.05, 3.63) is 0 Å². The van der Waals surface area contributed by atoms with Crippen LogP contribution in [0.15, 0.2) is 0 Å². The third-order valence-corrected chi connectivity index (χ3v) is 3.27. The number of rotatable bonds is 10. The van der Waals surface area contributed by atoms with Gasteiger partial charge in [0.1, 0.15) is 11.6 Å². The van der Waals surface area contributed by atoms with Gasteiger partial charge < -0.3 is 20.9 Å². The molecule has 0 heterocycles. The van der Waals surface area contributed by atoms with Crippen LogP contribution in [0, 0.1) is 0 Å². The molecular formula is C15H26N2O6S. The Hall–Kier alpha value is -1.61. The second kappa shape index (κ2) is 10.3. The molecule has 0 aromatic heterocycles. The average molecular weight is 362 g/mol. The molecule has 9 heteroatoms. The average Bonchev–Trinajstić information content (AvgIpc) is 2.45. The summed E-state index contributed by atoms with van der Waals surface area (Å²) in [6, 6.07) is -1.97. The summed E-state index contributed by atoms with van der Waals surface area (Å²) < 4.78 is 5.10. The molecule has 0 radical (unpaired) electrons. The first-order chi connectivity index (χ1) is 11.0. The minimum absolute atomic E-state index is 0.0352. The molecule has 2 unspecified atom stereocenters. The molecule has 0 aliphatic carbocycles. The second-order valence-corrected chi connectivity index (χ2v) is 6.70. The summed E-state index contributed by atoms with van der Waals surface area (Å²) in [4.78, 5) is 45.9. The lowest BCUT2D eigenvalue weighted by Gasteiger charge is -2.20. The number of Topliss-reactive ketones (excluding diaryl/α,β-unsaturated/α-hetero) is 1. The number of hydrogen-bond donors (Lipinski definition) is 4. The number of carboxylic acid groups (broad SMARTS) is 1.